The second-order valence-corrected chi connectivity index (χ2v) is 4.03. The van der Waals surface area contributed by atoms with Gasteiger partial charge in [0.1, 0.15) is 12.0 Å². The lowest BCUT2D eigenvalue weighted by Crippen LogP contribution is -1.99. The van der Waals surface area contributed by atoms with Crippen molar-refractivity contribution in [1.82, 2.24) is 0 Å². The number of rotatable bonds is 6. The first kappa shape index (κ1) is 13.8. The monoisotopic (exact) mass is 277 g/mol. The fourth-order valence-electron chi connectivity index (χ4n) is 1.72. The first-order valence-electron chi connectivity index (χ1n) is 5.90. The van der Waals surface area contributed by atoms with E-state index in [-0.39, 0.29) is 5.56 Å². The summed E-state index contributed by atoms with van der Waals surface area (Å²) in [4.78, 5) is 10.7. The zero-order valence-electron chi connectivity index (χ0n) is 11.2. The molecular weight excluding hydrogens is 262 g/mol. The third-order valence-corrected chi connectivity index (χ3v) is 2.75. The molecule has 1 heterocycles. The van der Waals surface area contributed by atoms with Crippen LogP contribution in [0.4, 0.5) is 5.69 Å². The van der Waals surface area contributed by atoms with E-state index in [2.05, 4.69) is 5.32 Å². The minimum Gasteiger partial charge on any atom is -0.493 e. The van der Waals surface area contributed by atoms with Crippen molar-refractivity contribution in [3.05, 3.63) is 41.9 Å². The Morgan fingerprint density at radius 2 is 2.00 bits per heavy atom. The number of hydrogen-bond acceptors (Lipinski definition) is 5. The fourth-order valence-corrected chi connectivity index (χ4v) is 1.72. The molecule has 106 valence electrons. The number of carboxylic acids is 1. The van der Waals surface area contributed by atoms with Crippen molar-refractivity contribution in [2.75, 3.05) is 19.5 Å². The summed E-state index contributed by atoms with van der Waals surface area (Å²) >= 11 is 0. The molecule has 0 fully saturated rings. The number of ether oxygens (including phenoxy) is 2. The summed E-state index contributed by atoms with van der Waals surface area (Å²) in [5.41, 5.74) is 0.949. The first-order chi connectivity index (χ1) is 9.63. The Bertz CT molecular complexity index is 605. The quantitative estimate of drug-likeness (QED) is 0.844. The molecule has 0 aliphatic carbocycles. The van der Waals surface area contributed by atoms with Crippen molar-refractivity contribution in [2.24, 2.45) is 0 Å². The van der Waals surface area contributed by atoms with Crippen molar-refractivity contribution < 1.29 is 23.8 Å². The zero-order chi connectivity index (χ0) is 14.5. The Morgan fingerprint density at radius 1 is 1.25 bits per heavy atom. The SMILES string of the molecule is COc1ccc(NCc2cc(C(=O)O)co2)cc1OC. The number of aromatic carboxylic acids is 1. The zero-order valence-corrected chi connectivity index (χ0v) is 11.2. The second kappa shape index (κ2) is 6.01. The molecule has 0 saturated heterocycles. The lowest BCUT2D eigenvalue weighted by Gasteiger charge is -2.10. The molecule has 0 bridgehead atoms. The van der Waals surface area contributed by atoms with Crippen LogP contribution in [0.5, 0.6) is 11.5 Å². The maximum Gasteiger partial charge on any atom is 0.338 e. The van der Waals surface area contributed by atoms with Crippen molar-refractivity contribution >= 4 is 11.7 Å². The van der Waals surface area contributed by atoms with E-state index >= 15 is 0 Å². The molecule has 0 unspecified atom stereocenters. The van der Waals surface area contributed by atoms with Gasteiger partial charge in [0.25, 0.3) is 0 Å². The molecular formula is C14H15NO5. The highest BCUT2D eigenvalue weighted by Crippen LogP contribution is 2.29. The number of methoxy groups -OCH3 is 2. The van der Waals surface area contributed by atoms with E-state index in [0.29, 0.717) is 23.8 Å². The summed E-state index contributed by atoms with van der Waals surface area (Å²) in [6.45, 7) is 0.378. The number of carbonyl (C=O) groups is 1. The van der Waals surface area contributed by atoms with Crippen molar-refractivity contribution in [2.45, 2.75) is 6.54 Å². The molecule has 6 heteroatoms. The van der Waals surface area contributed by atoms with Gasteiger partial charge in [-0.2, -0.15) is 0 Å². The summed E-state index contributed by atoms with van der Waals surface area (Å²) in [7, 11) is 3.13. The molecule has 0 radical (unpaired) electrons. The van der Waals surface area contributed by atoms with Crippen LogP contribution in [0.25, 0.3) is 0 Å². The van der Waals surface area contributed by atoms with E-state index in [0.717, 1.165) is 5.69 Å². The predicted octanol–water partition coefficient (Wildman–Crippen LogP) is 2.61. The number of benzene rings is 1. The normalized spacial score (nSPS) is 10.1. The van der Waals surface area contributed by atoms with Gasteiger partial charge in [-0.05, 0) is 18.2 Å². The number of nitrogens with one attached hydrogen (secondary N) is 1. The van der Waals surface area contributed by atoms with E-state index in [1.807, 2.05) is 6.07 Å². The van der Waals surface area contributed by atoms with Gasteiger partial charge in [0.2, 0.25) is 0 Å². The Hall–Kier alpha value is -2.63. The van der Waals surface area contributed by atoms with Crippen LogP contribution in [-0.4, -0.2) is 25.3 Å². The Balaban J connectivity index is 2.04. The van der Waals surface area contributed by atoms with Crippen molar-refractivity contribution in [3.8, 4) is 11.5 Å². The van der Waals surface area contributed by atoms with Gasteiger partial charge in [-0.15, -0.1) is 0 Å². The number of hydrogen-bond donors (Lipinski definition) is 2. The van der Waals surface area contributed by atoms with Gasteiger partial charge in [-0.3, -0.25) is 0 Å². The standard InChI is InChI=1S/C14H15NO5/c1-18-12-4-3-10(6-13(12)19-2)15-7-11-5-9(8-20-11)14(16)17/h3-6,8,15H,7H2,1-2H3,(H,16,17). The fraction of sp³-hybridized carbons (Fsp3) is 0.214. The van der Waals surface area contributed by atoms with Crippen molar-refractivity contribution in [3.63, 3.8) is 0 Å². The molecule has 2 N–H and O–H groups in total. The average molecular weight is 277 g/mol. The molecule has 1 aromatic heterocycles. The molecule has 0 spiro atoms. The summed E-state index contributed by atoms with van der Waals surface area (Å²) in [5.74, 6) is 0.788. The Morgan fingerprint density at radius 3 is 2.60 bits per heavy atom. The van der Waals surface area contributed by atoms with Crippen LogP contribution >= 0.6 is 0 Å². The summed E-state index contributed by atoms with van der Waals surface area (Å²) in [5, 5.41) is 11.9. The highest BCUT2D eigenvalue weighted by molar-refractivity contribution is 5.87. The van der Waals surface area contributed by atoms with Crippen LogP contribution in [0.15, 0.2) is 34.9 Å². The molecule has 0 saturated carbocycles. The summed E-state index contributed by atoms with van der Waals surface area (Å²) in [6, 6.07) is 6.89. The number of furan rings is 1. The summed E-state index contributed by atoms with van der Waals surface area (Å²) < 4.78 is 15.5. The molecule has 0 aliphatic heterocycles. The van der Waals surface area contributed by atoms with E-state index < -0.39 is 5.97 Å². The van der Waals surface area contributed by atoms with E-state index in [4.69, 9.17) is 19.0 Å². The largest absolute Gasteiger partial charge is 0.493 e. The third kappa shape index (κ3) is 3.03. The van der Waals surface area contributed by atoms with E-state index in [9.17, 15) is 4.79 Å². The van der Waals surface area contributed by atoms with Gasteiger partial charge in [-0.1, -0.05) is 0 Å². The minimum absolute atomic E-state index is 0.133. The molecule has 0 aliphatic rings. The number of anilines is 1. The van der Waals surface area contributed by atoms with Gasteiger partial charge in [0, 0.05) is 11.8 Å². The highest BCUT2D eigenvalue weighted by atomic mass is 16.5. The number of carboxylic acid groups (broad SMARTS) is 1. The maximum absolute atomic E-state index is 10.7. The lowest BCUT2D eigenvalue weighted by molar-refractivity contribution is 0.0696. The lowest BCUT2D eigenvalue weighted by atomic mass is 10.2. The molecule has 0 amide bonds. The van der Waals surface area contributed by atoms with Crippen LogP contribution in [-0.2, 0) is 6.54 Å². The highest BCUT2D eigenvalue weighted by Gasteiger charge is 2.09. The smallest absolute Gasteiger partial charge is 0.338 e. The van der Waals surface area contributed by atoms with Gasteiger partial charge in [0.15, 0.2) is 11.5 Å². The van der Waals surface area contributed by atoms with Crippen LogP contribution in [0.1, 0.15) is 16.1 Å². The average Bonchev–Trinajstić information content (AvgIpc) is 2.94. The Labute approximate surface area is 115 Å². The molecule has 1 aromatic carbocycles. The van der Waals surface area contributed by atoms with E-state index in [1.165, 1.54) is 12.3 Å². The van der Waals surface area contributed by atoms with Crippen LogP contribution < -0.4 is 14.8 Å². The van der Waals surface area contributed by atoms with Crippen LogP contribution in [0, 0.1) is 0 Å². The molecule has 20 heavy (non-hydrogen) atoms. The first-order valence-corrected chi connectivity index (χ1v) is 5.90. The molecule has 2 rings (SSSR count). The van der Waals surface area contributed by atoms with Gasteiger partial charge in [-0.25, -0.2) is 4.79 Å². The minimum atomic E-state index is -1.01. The second-order valence-electron chi connectivity index (χ2n) is 4.03. The van der Waals surface area contributed by atoms with Gasteiger partial charge in [0.05, 0.1) is 26.3 Å². The molecule has 2 aromatic rings. The molecule has 0 atom stereocenters. The maximum atomic E-state index is 10.7. The van der Waals surface area contributed by atoms with Gasteiger partial charge >= 0.3 is 5.97 Å². The van der Waals surface area contributed by atoms with Crippen LogP contribution in [0.2, 0.25) is 0 Å². The van der Waals surface area contributed by atoms with Gasteiger partial charge < -0.3 is 24.3 Å². The topological polar surface area (TPSA) is 80.9 Å². The predicted molar refractivity (Wildman–Crippen MR) is 72.5 cm³/mol. The molecule has 6 nitrogen and oxygen atoms in total. The third-order valence-electron chi connectivity index (χ3n) is 2.75. The van der Waals surface area contributed by atoms with Crippen LogP contribution in [0.3, 0.4) is 0 Å². The van der Waals surface area contributed by atoms with Crippen molar-refractivity contribution in [1.29, 1.82) is 0 Å². The van der Waals surface area contributed by atoms with E-state index in [1.54, 1.807) is 26.4 Å². The Kier molecular flexibility index (Phi) is 4.14. The summed E-state index contributed by atoms with van der Waals surface area (Å²) in [6.07, 6.45) is 1.22.